The summed E-state index contributed by atoms with van der Waals surface area (Å²) >= 11 is 0. The predicted molar refractivity (Wildman–Crippen MR) is 46.2 cm³/mol. The Labute approximate surface area is 71.9 Å². The number of carbonyl (C=O) groups excluding carboxylic acids is 1. The molecule has 1 rings (SSSR count). The Morgan fingerprint density at radius 1 is 1.67 bits per heavy atom. The molecular formula is C9H13NO2. The van der Waals surface area contributed by atoms with Crippen molar-refractivity contribution in [3.63, 3.8) is 0 Å². The zero-order valence-corrected chi connectivity index (χ0v) is 6.95. The lowest BCUT2D eigenvalue weighted by atomic mass is 10.1. The van der Waals surface area contributed by atoms with E-state index in [2.05, 4.69) is 0 Å². The number of nitrogens with two attached hydrogens (primary N) is 1. The molecule has 0 aromatic rings. The van der Waals surface area contributed by atoms with Crippen LogP contribution in [0.15, 0.2) is 24.0 Å². The zero-order valence-electron chi connectivity index (χ0n) is 6.95. The Bertz CT molecular complexity index is 219. The van der Waals surface area contributed by atoms with Gasteiger partial charge < -0.3 is 10.5 Å². The average molecular weight is 167 g/mol. The third kappa shape index (κ3) is 3.23. The molecule has 0 radical (unpaired) electrons. The molecule has 2 N–H and O–H groups in total. The summed E-state index contributed by atoms with van der Waals surface area (Å²) in [5.74, 6) is -0.233. The molecule has 0 fully saturated rings. The molecule has 1 amide bonds. The topological polar surface area (TPSA) is 52.3 Å². The lowest BCUT2D eigenvalue weighted by molar-refractivity contribution is -0.118. The summed E-state index contributed by atoms with van der Waals surface area (Å²) in [5, 5.41) is 0. The molecule has 3 nitrogen and oxygen atoms in total. The van der Waals surface area contributed by atoms with Crippen molar-refractivity contribution in [2.75, 3.05) is 6.61 Å². The van der Waals surface area contributed by atoms with Crippen molar-refractivity contribution in [1.82, 2.24) is 0 Å². The Hall–Kier alpha value is -1.25. The van der Waals surface area contributed by atoms with Crippen LogP contribution >= 0.6 is 0 Å². The number of primary amides is 1. The minimum absolute atomic E-state index is 0.233. The highest BCUT2D eigenvalue weighted by molar-refractivity contribution is 5.73. The van der Waals surface area contributed by atoms with Crippen LogP contribution in [0, 0.1) is 0 Å². The SMILES string of the molecule is NC(=O)CCCC1=CC=COC1. The maximum absolute atomic E-state index is 10.4. The third-order valence-corrected chi connectivity index (χ3v) is 1.70. The maximum atomic E-state index is 10.4. The van der Waals surface area contributed by atoms with Gasteiger partial charge in [0.1, 0.15) is 6.61 Å². The molecule has 3 heteroatoms. The van der Waals surface area contributed by atoms with E-state index in [1.54, 1.807) is 6.26 Å². The Balaban J connectivity index is 2.18. The molecule has 1 aliphatic heterocycles. The van der Waals surface area contributed by atoms with Gasteiger partial charge in [-0.15, -0.1) is 0 Å². The lowest BCUT2D eigenvalue weighted by Gasteiger charge is -2.08. The summed E-state index contributed by atoms with van der Waals surface area (Å²) in [7, 11) is 0. The summed E-state index contributed by atoms with van der Waals surface area (Å²) in [6.07, 6.45) is 7.72. The number of rotatable bonds is 4. The summed E-state index contributed by atoms with van der Waals surface area (Å²) in [6, 6.07) is 0. The van der Waals surface area contributed by atoms with E-state index in [1.807, 2.05) is 12.2 Å². The first kappa shape index (κ1) is 8.84. The Kier molecular flexibility index (Phi) is 3.38. The third-order valence-electron chi connectivity index (χ3n) is 1.70. The molecule has 0 atom stereocenters. The first-order valence-electron chi connectivity index (χ1n) is 4.03. The molecule has 0 saturated heterocycles. The van der Waals surface area contributed by atoms with Crippen molar-refractivity contribution in [2.45, 2.75) is 19.3 Å². The predicted octanol–water partition coefficient (Wildman–Crippen LogP) is 1.11. The molecular weight excluding hydrogens is 154 g/mol. The quantitative estimate of drug-likeness (QED) is 0.682. The number of hydrogen-bond donors (Lipinski definition) is 1. The van der Waals surface area contributed by atoms with Gasteiger partial charge in [0.05, 0.1) is 6.26 Å². The van der Waals surface area contributed by atoms with Gasteiger partial charge in [0.25, 0.3) is 0 Å². The van der Waals surface area contributed by atoms with Gasteiger partial charge in [-0.25, -0.2) is 0 Å². The Morgan fingerprint density at radius 2 is 2.50 bits per heavy atom. The Morgan fingerprint density at radius 3 is 3.08 bits per heavy atom. The number of hydrogen-bond acceptors (Lipinski definition) is 2. The van der Waals surface area contributed by atoms with Crippen molar-refractivity contribution >= 4 is 5.91 Å². The van der Waals surface area contributed by atoms with Crippen molar-refractivity contribution in [2.24, 2.45) is 5.73 Å². The van der Waals surface area contributed by atoms with Crippen LogP contribution in [0.5, 0.6) is 0 Å². The van der Waals surface area contributed by atoms with E-state index < -0.39 is 0 Å². The van der Waals surface area contributed by atoms with E-state index in [0.717, 1.165) is 12.8 Å². The molecule has 1 heterocycles. The van der Waals surface area contributed by atoms with Crippen LogP contribution in [-0.4, -0.2) is 12.5 Å². The number of ether oxygens (including phenoxy) is 1. The number of amides is 1. The second kappa shape index (κ2) is 4.59. The second-order valence-electron chi connectivity index (χ2n) is 2.78. The van der Waals surface area contributed by atoms with Crippen molar-refractivity contribution in [1.29, 1.82) is 0 Å². The van der Waals surface area contributed by atoms with Gasteiger partial charge >= 0.3 is 0 Å². The van der Waals surface area contributed by atoms with Crippen molar-refractivity contribution in [3.05, 3.63) is 24.0 Å². The maximum Gasteiger partial charge on any atom is 0.217 e. The summed E-state index contributed by atoms with van der Waals surface area (Å²) < 4.78 is 5.07. The van der Waals surface area contributed by atoms with Gasteiger partial charge in [0.2, 0.25) is 5.91 Å². The molecule has 1 aliphatic rings. The van der Waals surface area contributed by atoms with Crippen LogP contribution in [0.2, 0.25) is 0 Å². The highest BCUT2D eigenvalue weighted by atomic mass is 16.5. The summed E-state index contributed by atoms with van der Waals surface area (Å²) in [5.41, 5.74) is 6.23. The summed E-state index contributed by atoms with van der Waals surface area (Å²) in [4.78, 5) is 10.4. The van der Waals surface area contributed by atoms with E-state index in [4.69, 9.17) is 10.5 Å². The molecule has 0 aromatic carbocycles. The van der Waals surface area contributed by atoms with Gasteiger partial charge in [-0.2, -0.15) is 0 Å². The fraction of sp³-hybridized carbons (Fsp3) is 0.444. The highest BCUT2D eigenvalue weighted by Crippen LogP contribution is 2.11. The van der Waals surface area contributed by atoms with E-state index in [0.29, 0.717) is 13.0 Å². The van der Waals surface area contributed by atoms with Crippen LogP contribution in [0.4, 0.5) is 0 Å². The monoisotopic (exact) mass is 167 g/mol. The zero-order chi connectivity index (χ0) is 8.81. The standard InChI is InChI=1S/C9H13NO2/c10-9(11)5-1-3-8-4-2-6-12-7-8/h2,4,6H,1,3,5,7H2,(H2,10,11). The van der Waals surface area contributed by atoms with E-state index in [1.165, 1.54) is 5.57 Å². The van der Waals surface area contributed by atoms with Gasteiger partial charge in [0, 0.05) is 6.42 Å². The van der Waals surface area contributed by atoms with Crippen LogP contribution in [0.1, 0.15) is 19.3 Å². The highest BCUT2D eigenvalue weighted by Gasteiger charge is 2.01. The summed E-state index contributed by atoms with van der Waals surface area (Å²) in [6.45, 7) is 0.648. The lowest BCUT2D eigenvalue weighted by Crippen LogP contribution is -2.10. The van der Waals surface area contributed by atoms with Crippen LogP contribution in [0.25, 0.3) is 0 Å². The molecule has 0 bridgehead atoms. The van der Waals surface area contributed by atoms with Crippen molar-refractivity contribution in [3.8, 4) is 0 Å². The van der Waals surface area contributed by atoms with Gasteiger partial charge in [-0.05, 0) is 24.5 Å². The van der Waals surface area contributed by atoms with Crippen LogP contribution in [0.3, 0.4) is 0 Å². The molecule has 0 aliphatic carbocycles. The molecule has 12 heavy (non-hydrogen) atoms. The van der Waals surface area contributed by atoms with E-state index in [9.17, 15) is 4.79 Å². The smallest absolute Gasteiger partial charge is 0.217 e. The van der Waals surface area contributed by atoms with Gasteiger partial charge in [0.15, 0.2) is 0 Å². The molecule has 0 spiro atoms. The van der Waals surface area contributed by atoms with Crippen molar-refractivity contribution < 1.29 is 9.53 Å². The first-order valence-corrected chi connectivity index (χ1v) is 4.03. The van der Waals surface area contributed by atoms with Crippen LogP contribution in [-0.2, 0) is 9.53 Å². The number of carbonyl (C=O) groups is 1. The number of allylic oxidation sites excluding steroid dienone is 2. The molecule has 0 aromatic heterocycles. The minimum atomic E-state index is -0.233. The fourth-order valence-electron chi connectivity index (χ4n) is 1.08. The normalized spacial score (nSPS) is 15.2. The second-order valence-corrected chi connectivity index (χ2v) is 2.78. The van der Waals surface area contributed by atoms with Crippen LogP contribution < -0.4 is 5.73 Å². The molecule has 66 valence electrons. The molecule has 0 unspecified atom stereocenters. The fourth-order valence-corrected chi connectivity index (χ4v) is 1.08. The van der Waals surface area contributed by atoms with Gasteiger partial charge in [-0.1, -0.05) is 6.08 Å². The van der Waals surface area contributed by atoms with E-state index in [-0.39, 0.29) is 5.91 Å². The molecule has 0 saturated carbocycles. The van der Waals surface area contributed by atoms with Gasteiger partial charge in [-0.3, -0.25) is 4.79 Å². The minimum Gasteiger partial charge on any atom is -0.497 e. The average Bonchev–Trinajstić information content (AvgIpc) is 2.05. The first-order chi connectivity index (χ1) is 5.79. The largest absolute Gasteiger partial charge is 0.497 e. The van der Waals surface area contributed by atoms with E-state index >= 15 is 0 Å².